The Bertz CT molecular complexity index is 509. The second-order valence-corrected chi connectivity index (χ2v) is 5.18. The van der Waals surface area contributed by atoms with E-state index in [1.54, 1.807) is 0 Å². The summed E-state index contributed by atoms with van der Waals surface area (Å²) in [6.07, 6.45) is -5.71. The first-order valence-electron chi connectivity index (χ1n) is 5.73. The number of hydrogen-bond donors (Lipinski definition) is 2. The van der Waals surface area contributed by atoms with Crippen molar-refractivity contribution in [2.24, 2.45) is 5.92 Å². The second kappa shape index (κ2) is 5.30. The molecule has 0 aromatic heterocycles. The van der Waals surface area contributed by atoms with E-state index in [-0.39, 0.29) is 11.3 Å². The number of hydrogen-bond acceptors (Lipinski definition) is 2. The Balaban J connectivity index is 3.16. The van der Waals surface area contributed by atoms with Crippen LogP contribution in [0.3, 0.4) is 0 Å². The molecule has 0 amide bonds. The fraction of sp³-hybridized carbons (Fsp3) is 0.462. The highest BCUT2D eigenvalue weighted by atomic mass is 19.4. The third kappa shape index (κ3) is 3.61. The summed E-state index contributed by atoms with van der Waals surface area (Å²) in [6, 6.07) is 2.90. The van der Waals surface area contributed by atoms with Crippen LogP contribution in [-0.2, 0) is 10.2 Å². The number of rotatable bonds is 4. The molecule has 1 rings (SSSR count). The normalized spacial score (nSPS) is 14.1. The van der Waals surface area contributed by atoms with Gasteiger partial charge in [0, 0.05) is 5.56 Å². The Kier molecular flexibility index (Phi) is 4.31. The number of aliphatic carboxylic acids is 1. The number of carboxylic acids is 1. The van der Waals surface area contributed by atoms with Crippen LogP contribution in [0.4, 0.5) is 17.6 Å². The molecule has 0 saturated heterocycles. The average Bonchev–Trinajstić information content (AvgIpc) is 2.27. The third-order valence-corrected chi connectivity index (χ3v) is 3.10. The van der Waals surface area contributed by atoms with E-state index in [1.165, 1.54) is 13.8 Å². The number of benzene rings is 1. The first kappa shape index (κ1) is 16.3. The molecule has 7 heteroatoms. The van der Waals surface area contributed by atoms with E-state index >= 15 is 0 Å². The number of carboxylic acid groups (broad SMARTS) is 1. The topological polar surface area (TPSA) is 57.5 Å². The molecule has 20 heavy (non-hydrogen) atoms. The van der Waals surface area contributed by atoms with E-state index in [4.69, 9.17) is 5.11 Å². The van der Waals surface area contributed by atoms with Crippen LogP contribution >= 0.6 is 0 Å². The van der Waals surface area contributed by atoms with Crippen molar-refractivity contribution < 1.29 is 32.6 Å². The van der Waals surface area contributed by atoms with E-state index in [9.17, 15) is 27.5 Å². The molecular formula is C13H14F4O3. The second-order valence-electron chi connectivity index (χ2n) is 5.18. The molecule has 0 fully saturated rings. The predicted molar refractivity (Wildman–Crippen MR) is 62.9 cm³/mol. The summed E-state index contributed by atoms with van der Waals surface area (Å²) < 4.78 is 51.2. The number of phenols is 1. The predicted octanol–water partition coefficient (Wildman–Crippen LogP) is 3.46. The Morgan fingerprint density at radius 2 is 1.85 bits per heavy atom. The first-order chi connectivity index (χ1) is 8.95. The van der Waals surface area contributed by atoms with Crippen LogP contribution in [0.1, 0.15) is 25.8 Å². The Labute approximate surface area is 112 Å². The molecule has 0 aliphatic carbocycles. The van der Waals surface area contributed by atoms with Crippen molar-refractivity contribution in [2.75, 3.05) is 0 Å². The van der Waals surface area contributed by atoms with Gasteiger partial charge in [-0.3, -0.25) is 4.79 Å². The van der Waals surface area contributed by atoms with Crippen LogP contribution in [0.25, 0.3) is 0 Å². The van der Waals surface area contributed by atoms with Crippen LogP contribution in [0, 0.1) is 11.7 Å². The van der Waals surface area contributed by atoms with Crippen LogP contribution in [0.5, 0.6) is 5.75 Å². The molecule has 0 radical (unpaired) electrons. The van der Waals surface area contributed by atoms with Crippen LogP contribution < -0.4 is 0 Å². The molecule has 2 N–H and O–H groups in total. The highest BCUT2D eigenvalue weighted by molar-refractivity contribution is 5.71. The van der Waals surface area contributed by atoms with Gasteiger partial charge in [0.15, 0.2) is 5.92 Å². The van der Waals surface area contributed by atoms with Gasteiger partial charge >= 0.3 is 12.1 Å². The third-order valence-electron chi connectivity index (χ3n) is 3.10. The van der Waals surface area contributed by atoms with Gasteiger partial charge in [-0.05, 0) is 30.0 Å². The highest BCUT2D eigenvalue weighted by Crippen LogP contribution is 2.41. The molecule has 0 saturated carbocycles. The highest BCUT2D eigenvalue weighted by Gasteiger charge is 2.48. The zero-order valence-corrected chi connectivity index (χ0v) is 10.8. The molecule has 0 aliphatic heterocycles. The van der Waals surface area contributed by atoms with Crippen LogP contribution in [0.2, 0.25) is 0 Å². The zero-order chi connectivity index (χ0) is 15.7. The van der Waals surface area contributed by atoms with E-state index in [0.29, 0.717) is 0 Å². The van der Waals surface area contributed by atoms with Crippen molar-refractivity contribution in [3.05, 3.63) is 29.6 Å². The lowest BCUT2D eigenvalue weighted by molar-refractivity contribution is -0.197. The van der Waals surface area contributed by atoms with Crippen LogP contribution in [-0.4, -0.2) is 22.4 Å². The average molecular weight is 294 g/mol. The molecule has 0 heterocycles. The van der Waals surface area contributed by atoms with Gasteiger partial charge in [0.2, 0.25) is 0 Å². The minimum absolute atomic E-state index is 0.0620. The van der Waals surface area contributed by atoms with Gasteiger partial charge in [-0.25, -0.2) is 4.39 Å². The number of aromatic hydroxyl groups is 1. The fourth-order valence-electron chi connectivity index (χ4n) is 2.01. The summed E-state index contributed by atoms with van der Waals surface area (Å²) in [7, 11) is 0. The molecule has 0 spiro atoms. The van der Waals surface area contributed by atoms with E-state index in [2.05, 4.69) is 0 Å². The largest absolute Gasteiger partial charge is 0.508 e. The van der Waals surface area contributed by atoms with E-state index in [1.807, 2.05) is 0 Å². The van der Waals surface area contributed by atoms with Crippen molar-refractivity contribution in [1.29, 1.82) is 0 Å². The Morgan fingerprint density at radius 3 is 2.30 bits per heavy atom. The van der Waals surface area contributed by atoms with Gasteiger partial charge < -0.3 is 10.2 Å². The molecule has 3 nitrogen and oxygen atoms in total. The summed E-state index contributed by atoms with van der Waals surface area (Å²) in [5.74, 6) is -5.67. The molecule has 1 aromatic rings. The van der Waals surface area contributed by atoms with Gasteiger partial charge in [0.05, 0.1) is 0 Å². The molecule has 1 unspecified atom stereocenters. The van der Waals surface area contributed by atoms with Crippen molar-refractivity contribution >= 4 is 5.97 Å². The quantitative estimate of drug-likeness (QED) is 0.836. The van der Waals surface area contributed by atoms with Gasteiger partial charge in [0.1, 0.15) is 11.6 Å². The lowest BCUT2D eigenvalue weighted by atomic mass is 9.76. The summed E-state index contributed by atoms with van der Waals surface area (Å²) in [5.41, 5.74) is -1.42. The van der Waals surface area contributed by atoms with Gasteiger partial charge in [-0.2, -0.15) is 13.2 Å². The van der Waals surface area contributed by atoms with Gasteiger partial charge in [-0.1, -0.05) is 13.8 Å². The smallest absolute Gasteiger partial charge is 0.402 e. The lowest BCUT2D eigenvalue weighted by Gasteiger charge is -2.30. The monoisotopic (exact) mass is 294 g/mol. The maximum Gasteiger partial charge on any atom is 0.402 e. The maximum absolute atomic E-state index is 13.2. The van der Waals surface area contributed by atoms with Crippen molar-refractivity contribution in [2.45, 2.75) is 31.9 Å². The summed E-state index contributed by atoms with van der Waals surface area (Å²) >= 11 is 0. The van der Waals surface area contributed by atoms with E-state index < -0.39 is 35.7 Å². The van der Waals surface area contributed by atoms with Gasteiger partial charge in [0.25, 0.3) is 0 Å². The summed E-state index contributed by atoms with van der Waals surface area (Å²) in [6.45, 7) is 2.65. The zero-order valence-electron chi connectivity index (χ0n) is 10.8. The summed E-state index contributed by atoms with van der Waals surface area (Å²) in [4.78, 5) is 10.8. The number of alkyl halides is 3. The van der Waals surface area contributed by atoms with Crippen molar-refractivity contribution in [1.82, 2.24) is 0 Å². The Hall–Kier alpha value is -1.79. The first-order valence-corrected chi connectivity index (χ1v) is 5.73. The molecule has 0 aliphatic rings. The van der Waals surface area contributed by atoms with Crippen molar-refractivity contribution in [3.8, 4) is 5.75 Å². The number of halogens is 4. The van der Waals surface area contributed by atoms with Gasteiger partial charge in [-0.15, -0.1) is 0 Å². The maximum atomic E-state index is 13.2. The number of carbonyl (C=O) groups is 1. The van der Waals surface area contributed by atoms with Crippen molar-refractivity contribution in [3.63, 3.8) is 0 Å². The minimum Gasteiger partial charge on any atom is -0.508 e. The standard InChI is InChI=1S/C13H14F4O3/c1-12(2,6-9(11(19)20)13(15,16)17)8-5-7(14)3-4-10(8)18/h3-5,9,18H,6H2,1-2H3,(H,19,20). The minimum atomic E-state index is -4.91. The fourth-order valence-corrected chi connectivity index (χ4v) is 2.01. The van der Waals surface area contributed by atoms with E-state index in [0.717, 1.165) is 18.2 Å². The molecule has 1 atom stereocenters. The summed E-state index contributed by atoms with van der Waals surface area (Å²) in [5, 5.41) is 18.3. The SMILES string of the molecule is CC(C)(CC(C(=O)O)C(F)(F)F)c1cc(F)ccc1O. The lowest BCUT2D eigenvalue weighted by Crippen LogP contribution is -2.36. The molecular weight excluding hydrogens is 280 g/mol. The van der Waals surface area contributed by atoms with Crippen LogP contribution in [0.15, 0.2) is 18.2 Å². The Morgan fingerprint density at radius 1 is 1.30 bits per heavy atom. The number of phenolic OH excluding ortho intramolecular Hbond substituents is 1. The molecule has 112 valence electrons. The molecule has 0 bridgehead atoms. The molecule has 1 aromatic carbocycles.